The van der Waals surface area contributed by atoms with E-state index in [1.807, 2.05) is 48.7 Å². The van der Waals surface area contributed by atoms with Crippen molar-refractivity contribution in [2.75, 3.05) is 7.11 Å². The normalized spacial score (nSPS) is 11.1. The number of fused-ring (bicyclic) bond motifs is 1. The van der Waals surface area contributed by atoms with Gasteiger partial charge in [0.05, 0.1) is 12.7 Å². The van der Waals surface area contributed by atoms with Crippen molar-refractivity contribution >= 4 is 17.0 Å². The lowest BCUT2D eigenvalue weighted by molar-refractivity contribution is 0.414. The summed E-state index contributed by atoms with van der Waals surface area (Å²) >= 11 is 1.64. The molecule has 0 unspecified atom stereocenters. The number of aromatic amines is 1. The second kappa shape index (κ2) is 7.65. The van der Waals surface area contributed by atoms with Crippen LogP contribution in [0.1, 0.15) is 11.1 Å². The van der Waals surface area contributed by atoms with Crippen LogP contribution < -0.4 is 10.3 Å². The average Bonchev–Trinajstić information content (AvgIpc) is 3.44. The Bertz CT molecular complexity index is 1380. The molecule has 6 heteroatoms. The Morgan fingerprint density at radius 2 is 1.93 bits per heavy atom. The second-order valence-electron chi connectivity index (χ2n) is 7.03. The quantitative estimate of drug-likeness (QED) is 0.440. The number of hydrogen-bond donors (Lipinski definition) is 1. The lowest BCUT2D eigenvalue weighted by atomic mass is 10.1. The zero-order chi connectivity index (χ0) is 20.5. The summed E-state index contributed by atoms with van der Waals surface area (Å²) in [5.41, 5.74) is 5.44. The molecule has 0 saturated carbocycles. The Kier molecular flexibility index (Phi) is 4.69. The van der Waals surface area contributed by atoms with Crippen LogP contribution in [-0.2, 0) is 6.42 Å². The van der Waals surface area contributed by atoms with Crippen LogP contribution in [0.25, 0.3) is 27.2 Å². The molecule has 1 N–H and O–H groups in total. The molecule has 148 valence electrons. The van der Waals surface area contributed by atoms with E-state index in [4.69, 9.17) is 4.74 Å². The molecule has 0 atom stereocenters. The van der Waals surface area contributed by atoms with Crippen molar-refractivity contribution in [1.29, 1.82) is 0 Å². The molecule has 0 radical (unpaired) electrons. The largest absolute Gasteiger partial charge is 0.497 e. The molecule has 0 bridgehead atoms. The highest BCUT2D eigenvalue weighted by Gasteiger charge is 2.14. The molecule has 0 spiro atoms. The van der Waals surface area contributed by atoms with Gasteiger partial charge >= 0.3 is 0 Å². The Balaban J connectivity index is 1.50. The molecule has 30 heavy (non-hydrogen) atoms. The maximum absolute atomic E-state index is 13.0. The number of rotatable bonds is 5. The monoisotopic (exact) mass is 413 g/mol. The summed E-state index contributed by atoms with van der Waals surface area (Å²) < 4.78 is 6.80. The predicted octanol–water partition coefficient (Wildman–Crippen LogP) is 5.02. The molecule has 0 aliphatic rings. The van der Waals surface area contributed by atoms with E-state index in [-0.39, 0.29) is 5.56 Å². The molecule has 0 saturated heterocycles. The van der Waals surface area contributed by atoms with E-state index in [0.29, 0.717) is 17.6 Å². The number of benzene rings is 2. The first kappa shape index (κ1) is 18.4. The Labute approximate surface area is 177 Å². The summed E-state index contributed by atoms with van der Waals surface area (Å²) in [7, 11) is 1.63. The van der Waals surface area contributed by atoms with Crippen LogP contribution in [0.3, 0.4) is 0 Å². The summed E-state index contributed by atoms with van der Waals surface area (Å²) in [6.45, 7) is 0. The van der Waals surface area contributed by atoms with Crippen LogP contribution in [0, 0.1) is 0 Å². The Morgan fingerprint density at radius 1 is 1.07 bits per heavy atom. The highest BCUT2D eigenvalue weighted by atomic mass is 32.1. The summed E-state index contributed by atoms with van der Waals surface area (Å²) in [6, 6.07) is 20.1. The molecule has 3 aromatic heterocycles. The van der Waals surface area contributed by atoms with Gasteiger partial charge in [0.25, 0.3) is 5.56 Å². The van der Waals surface area contributed by atoms with Gasteiger partial charge in [0, 0.05) is 29.3 Å². The van der Waals surface area contributed by atoms with Crippen LogP contribution in [0.4, 0.5) is 0 Å². The topological polar surface area (TPSA) is 59.4 Å². The number of nitrogens with zero attached hydrogens (tertiary/aromatic N) is 2. The number of hydrogen-bond acceptors (Lipinski definition) is 4. The third-order valence-electron chi connectivity index (χ3n) is 5.11. The van der Waals surface area contributed by atoms with E-state index in [1.165, 1.54) is 10.1 Å². The van der Waals surface area contributed by atoms with Crippen LogP contribution >= 0.6 is 11.3 Å². The van der Waals surface area contributed by atoms with Crippen molar-refractivity contribution in [2.45, 2.75) is 6.42 Å². The lowest BCUT2D eigenvalue weighted by Crippen LogP contribution is -2.19. The van der Waals surface area contributed by atoms with Gasteiger partial charge in [0.2, 0.25) is 0 Å². The Morgan fingerprint density at radius 3 is 2.77 bits per heavy atom. The van der Waals surface area contributed by atoms with Crippen molar-refractivity contribution < 1.29 is 4.74 Å². The van der Waals surface area contributed by atoms with Crippen LogP contribution in [0.15, 0.2) is 83.2 Å². The third kappa shape index (κ3) is 3.31. The second-order valence-corrected chi connectivity index (χ2v) is 7.94. The lowest BCUT2D eigenvalue weighted by Gasteiger charge is -2.05. The molecule has 0 amide bonds. The van der Waals surface area contributed by atoms with E-state index < -0.39 is 0 Å². The highest BCUT2D eigenvalue weighted by Crippen LogP contribution is 2.33. The predicted molar refractivity (Wildman–Crippen MR) is 120 cm³/mol. The zero-order valence-corrected chi connectivity index (χ0v) is 17.1. The molecule has 0 fully saturated rings. The first-order chi connectivity index (χ1) is 14.7. The smallest absolute Gasteiger partial charge is 0.276 e. The summed E-state index contributed by atoms with van der Waals surface area (Å²) in [5.74, 6) is 0.774. The standard InChI is InChI=1S/C24H19N3O2S/c1-29-20-9-5-6-16(11-20)10-18-13-25-23-21(14-26-27(23)24(18)28)22-12-19(15-30-22)17-7-3-2-4-8-17/h2-9,11-15,26H,10H2,1H3. The van der Waals surface area contributed by atoms with E-state index >= 15 is 0 Å². The number of nitrogens with one attached hydrogen (secondary N) is 1. The molecule has 3 heterocycles. The minimum atomic E-state index is -0.0890. The molecule has 0 aliphatic carbocycles. The number of H-pyrrole nitrogens is 1. The molecular weight excluding hydrogens is 394 g/mol. The van der Waals surface area contributed by atoms with Crippen LogP contribution in [0.5, 0.6) is 5.75 Å². The first-order valence-electron chi connectivity index (χ1n) is 9.58. The van der Waals surface area contributed by atoms with Crippen molar-refractivity contribution in [3.8, 4) is 27.3 Å². The van der Waals surface area contributed by atoms with E-state index in [0.717, 1.165) is 27.3 Å². The van der Waals surface area contributed by atoms with Crippen LogP contribution in [-0.4, -0.2) is 21.7 Å². The van der Waals surface area contributed by atoms with Crippen molar-refractivity contribution in [3.63, 3.8) is 0 Å². The van der Waals surface area contributed by atoms with Crippen molar-refractivity contribution in [3.05, 3.63) is 99.9 Å². The molecular formula is C24H19N3O2S. The molecule has 5 aromatic rings. The van der Waals surface area contributed by atoms with Gasteiger partial charge in [-0.25, -0.2) is 9.50 Å². The third-order valence-corrected chi connectivity index (χ3v) is 6.08. The van der Waals surface area contributed by atoms with Gasteiger partial charge in [-0.1, -0.05) is 42.5 Å². The van der Waals surface area contributed by atoms with E-state index in [1.54, 1.807) is 24.6 Å². The van der Waals surface area contributed by atoms with Crippen molar-refractivity contribution in [1.82, 2.24) is 14.6 Å². The summed E-state index contributed by atoms with van der Waals surface area (Å²) in [4.78, 5) is 18.7. The van der Waals surface area contributed by atoms with Gasteiger partial charge in [0.1, 0.15) is 5.75 Å². The van der Waals surface area contributed by atoms with Gasteiger partial charge in [-0.05, 0) is 40.3 Å². The highest BCUT2D eigenvalue weighted by molar-refractivity contribution is 7.14. The van der Waals surface area contributed by atoms with Gasteiger partial charge in [-0.3, -0.25) is 9.89 Å². The minimum Gasteiger partial charge on any atom is -0.497 e. The molecule has 5 rings (SSSR count). The van der Waals surface area contributed by atoms with Gasteiger partial charge in [-0.2, -0.15) is 0 Å². The first-order valence-corrected chi connectivity index (χ1v) is 10.5. The van der Waals surface area contributed by atoms with Gasteiger partial charge in [0.15, 0.2) is 5.65 Å². The van der Waals surface area contributed by atoms with Crippen LogP contribution in [0.2, 0.25) is 0 Å². The summed E-state index contributed by atoms with van der Waals surface area (Å²) in [6.07, 6.45) is 4.03. The SMILES string of the molecule is COc1cccc(Cc2cnc3c(-c4cc(-c5ccccc5)cs4)c[nH]n3c2=O)c1. The molecule has 0 aliphatic heterocycles. The number of aromatic nitrogens is 3. The molecule has 2 aromatic carbocycles. The fourth-order valence-corrected chi connectivity index (χ4v) is 4.49. The maximum Gasteiger partial charge on any atom is 0.276 e. The maximum atomic E-state index is 13.0. The van der Waals surface area contributed by atoms with Gasteiger partial charge < -0.3 is 4.74 Å². The van der Waals surface area contributed by atoms with E-state index in [2.05, 4.69) is 33.7 Å². The number of methoxy groups -OCH3 is 1. The summed E-state index contributed by atoms with van der Waals surface area (Å²) in [5, 5.41) is 5.20. The van der Waals surface area contributed by atoms with Crippen molar-refractivity contribution in [2.24, 2.45) is 0 Å². The fraction of sp³-hybridized carbons (Fsp3) is 0.0833. The molecule has 5 nitrogen and oxygen atoms in total. The number of thiophene rings is 1. The van der Waals surface area contributed by atoms with Gasteiger partial charge in [-0.15, -0.1) is 11.3 Å². The fourth-order valence-electron chi connectivity index (χ4n) is 3.56. The zero-order valence-electron chi connectivity index (χ0n) is 16.3. The minimum absolute atomic E-state index is 0.0890. The van der Waals surface area contributed by atoms with E-state index in [9.17, 15) is 4.79 Å². The average molecular weight is 414 g/mol. The Hall–Kier alpha value is -3.64. The number of ether oxygens (including phenoxy) is 1.